The topological polar surface area (TPSA) is 91.6 Å². The molecule has 1 aliphatic carbocycles. The second-order valence-corrected chi connectivity index (χ2v) is 5.82. The summed E-state index contributed by atoms with van der Waals surface area (Å²) in [5.74, 6) is 0.646. The van der Waals surface area contributed by atoms with Crippen LogP contribution in [0.15, 0.2) is 48.7 Å². The summed E-state index contributed by atoms with van der Waals surface area (Å²) in [6.07, 6.45) is 1.79. The van der Waals surface area contributed by atoms with Gasteiger partial charge in [0.2, 0.25) is 0 Å². The third kappa shape index (κ3) is 2.59. The fourth-order valence-corrected chi connectivity index (χ4v) is 3.11. The monoisotopic (exact) mass is 323 g/mol. The number of carbonyl (C=O) groups excluding carboxylic acids is 1. The summed E-state index contributed by atoms with van der Waals surface area (Å²) < 4.78 is 1.82. The van der Waals surface area contributed by atoms with Crippen molar-refractivity contribution in [1.29, 1.82) is 0 Å². The van der Waals surface area contributed by atoms with Gasteiger partial charge in [0.25, 0.3) is 0 Å². The number of fused-ring (bicyclic) bond motifs is 2. The van der Waals surface area contributed by atoms with Crippen LogP contribution in [0.1, 0.15) is 23.0 Å². The third-order valence-electron chi connectivity index (χ3n) is 4.28. The molecule has 2 amide bonds. The summed E-state index contributed by atoms with van der Waals surface area (Å²) in [5.41, 5.74) is 2.77. The average Bonchev–Trinajstić information content (AvgIpc) is 3.15. The van der Waals surface area contributed by atoms with Crippen LogP contribution in [0.25, 0.3) is 5.65 Å². The van der Waals surface area contributed by atoms with Crippen LogP contribution in [0.3, 0.4) is 0 Å². The number of pyridine rings is 1. The fraction of sp³-hybridized carbons (Fsp3) is 0.235. The molecule has 24 heavy (non-hydrogen) atoms. The Morgan fingerprint density at radius 1 is 1.21 bits per heavy atom. The van der Waals surface area contributed by atoms with E-state index in [9.17, 15) is 9.90 Å². The molecule has 3 aromatic rings. The molecule has 2 atom stereocenters. The molecule has 2 unspecified atom stereocenters. The smallest absolute Gasteiger partial charge is 0.315 e. The molecule has 1 aliphatic rings. The van der Waals surface area contributed by atoms with Gasteiger partial charge < -0.3 is 15.7 Å². The quantitative estimate of drug-likeness (QED) is 0.675. The van der Waals surface area contributed by atoms with Gasteiger partial charge in [-0.05, 0) is 23.3 Å². The van der Waals surface area contributed by atoms with Crippen molar-refractivity contribution in [1.82, 2.24) is 25.2 Å². The Labute approximate surface area is 138 Å². The molecule has 2 heterocycles. The van der Waals surface area contributed by atoms with Gasteiger partial charge in [-0.2, -0.15) is 0 Å². The minimum Gasteiger partial charge on any atom is -0.390 e. The van der Waals surface area contributed by atoms with Crippen LogP contribution >= 0.6 is 0 Å². The molecule has 0 fully saturated rings. The Balaban J connectivity index is 1.42. The second-order valence-electron chi connectivity index (χ2n) is 5.82. The number of benzene rings is 1. The number of amides is 2. The first-order valence-corrected chi connectivity index (χ1v) is 7.81. The van der Waals surface area contributed by atoms with E-state index in [-0.39, 0.29) is 12.6 Å². The molecule has 0 saturated heterocycles. The predicted octanol–water partition coefficient (Wildman–Crippen LogP) is 1.19. The lowest BCUT2D eigenvalue weighted by molar-refractivity contribution is 0.142. The van der Waals surface area contributed by atoms with Crippen molar-refractivity contribution < 1.29 is 9.90 Å². The van der Waals surface area contributed by atoms with Crippen molar-refractivity contribution in [3.63, 3.8) is 0 Å². The zero-order chi connectivity index (χ0) is 16.5. The average molecular weight is 323 g/mol. The van der Waals surface area contributed by atoms with Crippen LogP contribution in [-0.2, 0) is 13.0 Å². The minimum atomic E-state index is -0.609. The summed E-state index contributed by atoms with van der Waals surface area (Å²) in [6.45, 7) is 0.251. The minimum absolute atomic E-state index is 0.251. The first kappa shape index (κ1) is 14.6. The molecule has 3 N–H and O–H groups in total. The Morgan fingerprint density at radius 3 is 2.96 bits per heavy atom. The number of nitrogens with zero attached hydrogens (tertiary/aromatic N) is 3. The highest BCUT2D eigenvalue weighted by molar-refractivity contribution is 5.74. The van der Waals surface area contributed by atoms with Gasteiger partial charge in [-0.1, -0.05) is 30.3 Å². The summed E-state index contributed by atoms with van der Waals surface area (Å²) in [4.78, 5) is 12.2. The molecule has 7 nitrogen and oxygen atoms in total. The number of rotatable bonds is 3. The van der Waals surface area contributed by atoms with Gasteiger partial charge in [0.15, 0.2) is 11.5 Å². The number of nitrogens with one attached hydrogen (secondary N) is 2. The van der Waals surface area contributed by atoms with Gasteiger partial charge in [0.05, 0.1) is 18.7 Å². The fourth-order valence-electron chi connectivity index (χ4n) is 3.11. The molecular weight excluding hydrogens is 306 g/mol. The number of aliphatic hydroxyl groups is 1. The van der Waals surface area contributed by atoms with E-state index in [4.69, 9.17) is 0 Å². The van der Waals surface area contributed by atoms with E-state index in [1.165, 1.54) is 0 Å². The van der Waals surface area contributed by atoms with E-state index >= 15 is 0 Å². The Kier molecular flexibility index (Phi) is 3.62. The number of urea groups is 1. The molecule has 7 heteroatoms. The highest BCUT2D eigenvalue weighted by Gasteiger charge is 2.31. The van der Waals surface area contributed by atoms with Crippen LogP contribution in [0.2, 0.25) is 0 Å². The van der Waals surface area contributed by atoms with Crippen LogP contribution in [0, 0.1) is 0 Å². The third-order valence-corrected chi connectivity index (χ3v) is 4.28. The lowest BCUT2D eigenvalue weighted by Crippen LogP contribution is -2.40. The maximum atomic E-state index is 12.2. The highest BCUT2D eigenvalue weighted by Crippen LogP contribution is 2.30. The normalized spacial score (nSPS) is 19.2. The van der Waals surface area contributed by atoms with Crippen molar-refractivity contribution in [3.8, 4) is 0 Å². The van der Waals surface area contributed by atoms with Gasteiger partial charge in [0, 0.05) is 12.6 Å². The molecule has 1 aromatic carbocycles. The summed E-state index contributed by atoms with van der Waals surface area (Å²) in [5, 5.41) is 23.9. The first-order chi connectivity index (χ1) is 11.7. The lowest BCUT2D eigenvalue weighted by atomic mass is 10.1. The maximum absolute atomic E-state index is 12.2. The molecule has 0 aliphatic heterocycles. The van der Waals surface area contributed by atoms with Crippen molar-refractivity contribution in [3.05, 3.63) is 65.6 Å². The van der Waals surface area contributed by atoms with Crippen LogP contribution in [0.5, 0.6) is 0 Å². The van der Waals surface area contributed by atoms with Gasteiger partial charge in [-0.3, -0.25) is 4.40 Å². The van der Waals surface area contributed by atoms with E-state index in [1.807, 2.05) is 53.1 Å². The summed E-state index contributed by atoms with van der Waals surface area (Å²) >= 11 is 0. The molecule has 0 spiro atoms. The van der Waals surface area contributed by atoms with Crippen molar-refractivity contribution in [2.24, 2.45) is 0 Å². The molecule has 0 radical (unpaired) electrons. The zero-order valence-corrected chi connectivity index (χ0v) is 12.9. The molecular formula is C17H17N5O2. The highest BCUT2D eigenvalue weighted by atomic mass is 16.3. The van der Waals surface area contributed by atoms with Crippen molar-refractivity contribution in [2.75, 3.05) is 0 Å². The number of hydrogen-bond acceptors (Lipinski definition) is 4. The van der Waals surface area contributed by atoms with E-state index < -0.39 is 12.1 Å². The first-order valence-electron chi connectivity index (χ1n) is 7.81. The summed E-state index contributed by atoms with van der Waals surface area (Å²) in [7, 11) is 0. The predicted molar refractivity (Wildman–Crippen MR) is 87.3 cm³/mol. The van der Waals surface area contributed by atoms with Crippen LogP contribution in [0.4, 0.5) is 4.79 Å². The van der Waals surface area contributed by atoms with Gasteiger partial charge in [0.1, 0.15) is 0 Å². The van der Waals surface area contributed by atoms with Gasteiger partial charge in [-0.15, -0.1) is 10.2 Å². The number of carbonyl (C=O) groups is 1. The Hall–Kier alpha value is -2.93. The van der Waals surface area contributed by atoms with Gasteiger partial charge >= 0.3 is 6.03 Å². The largest absolute Gasteiger partial charge is 0.390 e. The Bertz CT molecular complexity index is 891. The zero-order valence-electron chi connectivity index (χ0n) is 12.9. The van der Waals surface area contributed by atoms with Gasteiger partial charge in [-0.25, -0.2) is 4.79 Å². The molecule has 0 bridgehead atoms. The number of aliphatic hydroxyl groups excluding tert-OH is 1. The SMILES string of the molecule is O=C(NCc1nnc2ccccn12)NC1c2ccccc2CC1O. The molecule has 0 saturated carbocycles. The molecule has 4 rings (SSSR count). The van der Waals surface area contributed by atoms with E-state index in [0.717, 1.165) is 16.8 Å². The van der Waals surface area contributed by atoms with E-state index in [2.05, 4.69) is 20.8 Å². The van der Waals surface area contributed by atoms with Crippen LogP contribution < -0.4 is 10.6 Å². The number of aromatic nitrogens is 3. The van der Waals surface area contributed by atoms with Crippen molar-refractivity contribution >= 4 is 11.7 Å². The lowest BCUT2D eigenvalue weighted by Gasteiger charge is -2.18. The maximum Gasteiger partial charge on any atom is 0.315 e. The summed E-state index contributed by atoms with van der Waals surface area (Å²) in [6, 6.07) is 12.6. The standard InChI is InChI=1S/C17H17N5O2/c23-13-9-11-5-1-2-6-12(11)16(13)19-17(24)18-10-15-21-20-14-7-3-4-8-22(14)15/h1-8,13,16,23H,9-10H2,(H2,18,19,24). The van der Waals surface area contributed by atoms with Crippen LogP contribution in [-0.4, -0.2) is 31.8 Å². The van der Waals surface area contributed by atoms with Crippen molar-refractivity contribution in [2.45, 2.75) is 25.1 Å². The molecule has 2 aromatic heterocycles. The van der Waals surface area contributed by atoms with E-state index in [1.54, 1.807) is 0 Å². The van der Waals surface area contributed by atoms with E-state index in [0.29, 0.717) is 12.2 Å². The Morgan fingerprint density at radius 2 is 2.04 bits per heavy atom. The number of hydrogen-bond donors (Lipinski definition) is 3. The second kappa shape index (κ2) is 5.93. The molecule has 122 valence electrons.